The van der Waals surface area contributed by atoms with Crippen molar-refractivity contribution in [1.82, 2.24) is 0 Å². The molecule has 0 aliphatic heterocycles. The molecule has 17 heavy (non-hydrogen) atoms. The van der Waals surface area contributed by atoms with Crippen LogP contribution < -0.4 is 4.74 Å². The summed E-state index contributed by atoms with van der Waals surface area (Å²) in [5, 5.41) is 0. The largest absolute Gasteiger partial charge is 0.462 e. The van der Waals surface area contributed by atoms with Crippen LogP contribution in [0.25, 0.3) is 0 Å². The number of alkyl halides is 3. The molecule has 2 nitrogen and oxygen atoms in total. The van der Waals surface area contributed by atoms with Crippen LogP contribution in [0, 0.1) is 0 Å². The highest BCUT2D eigenvalue weighted by Crippen LogP contribution is 2.30. The minimum atomic E-state index is -4.36. The van der Waals surface area contributed by atoms with Gasteiger partial charge in [0, 0.05) is 6.08 Å². The summed E-state index contributed by atoms with van der Waals surface area (Å²) in [5.41, 5.74) is -0.738. The predicted octanol–water partition coefficient (Wildman–Crippen LogP) is 3.58. The molecule has 1 aromatic rings. The number of allylic oxidation sites excluding steroid dienone is 2. The molecule has 92 valence electrons. The molecule has 0 atom stereocenters. The molecular weight excluding hydrogens is 233 g/mol. The van der Waals surface area contributed by atoms with Gasteiger partial charge >= 0.3 is 6.18 Å². The molecule has 0 radical (unpaired) electrons. The lowest BCUT2D eigenvalue weighted by molar-refractivity contribution is -0.137. The Morgan fingerprint density at radius 1 is 1.18 bits per heavy atom. The molecule has 0 spiro atoms. The van der Waals surface area contributed by atoms with E-state index in [1.165, 1.54) is 25.1 Å². The molecule has 0 aliphatic rings. The zero-order chi connectivity index (χ0) is 13.1. The number of carbonyl (C=O) groups is 1. The van der Waals surface area contributed by atoms with E-state index >= 15 is 0 Å². The fraction of sp³-hybridized carbons (Fsp3) is 0.250. The molecular formula is C12H11F3O2. The van der Waals surface area contributed by atoms with Gasteiger partial charge in [-0.15, -0.1) is 0 Å². The second-order valence-corrected chi connectivity index (χ2v) is 3.49. The molecule has 0 fully saturated rings. The Labute approximate surface area is 96.7 Å². The normalized spacial score (nSPS) is 12.4. The van der Waals surface area contributed by atoms with E-state index in [1.807, 2.05) is 0 Å². The highest BCUT2D eigenvalue weighted by Gasteiger charge is 2.29. The monoisotopic (exact) mass is 244 g/mol. The third kappa shape index (κ3) is 4.30. The van der Waals surface area contributed by atoms with Crippen molar-refractivity contribution in [3.05, 3.63) is 41.7 Å². The van der Waals surface area contributed by atoms with Crippen LogP contribution in [0.15, 0.2) is 36.1 Å². The number of halogens is 3. The minimum Gasteiger partial charge on any atom is -0.462 e. The van der Waals surface area contributed by atoms with Gasteiger partial charge in [0.2, 0.25) is 0 Å². The highest BCUT2D eigenvalue weighted by atomic mass is 19.4. The zero-order valence-electron chi connectivity index (χ0n) is 9.34. The average Bonchev–Trinajstić information content (AvgIpc) is 2.15. The van der Waals surface area contributed by atoms with Crippen molar-refractivity contribution in [3.8, 4) is 5.75 Å². The number of carbonyl (C=O) groups excluding carboxylic acids is 1. The van der Waals surface area contributed by atoms with Crippen LogP contribution in [0.4, 0.5) is 13.2 Å². The fourth-order valence-corrected chi connectivity index (χ4v) is 1.21. The third-order valence-corrected chi connectivity index (χ3v) is 1.87. The van der Waals surface area contributed by atoms with E-state index in [4.69, 9.17) is 4.74 Å². The van der Waals surface area contributed by atoms with Gasteiger partial charge in [-0.25, -0.2) is 0 Å². The predicted molar refractivity (Wildman–Crippen MR) is 56.5 cm³/mol. The first kappa shape index (κ1) is 13.3. The van der Waals surface area contributed by atoms with Crippen LogP contribution >= 0.6 is 0 Å². The fourth-order valence-electron chi connectivity index (χ4n) is 1.21. The van der Waals surface area contributed by atoms with E-state index in [2.05, 4.69) is 0 Å². The maximum absolute atomic E-state index is 12.3. The quantitative estimate of drug-likeness (QED) is 0.600. The maximum atomic E-state index is 12.3. The van der Waals surface area contributed by atoms with Crippen molar-refractivity contribution in [2.24, 2.45) is 0 Å². The van der Waals surface area contributed by atoms with Crippen molar-refractivity contribution < 1.29 is 22.7 Å². The summed E-state index contributed by atoms with van der Waals surface area (Å²) in [7, 11) is 0. The first-order chi connectivity index (χ1) is 7.79. The Kier molecular flexibility index (Phi) is 3.93. The molecule has 0 N–H and O–H groups in total. The van der Waals surface area contributed by atoms with Gasteiger partial charge in [-0.05, 0) is 38.1 Å². The Bertz CT molecular complexity index is 430. The Hall–Kier alpha value is -1.78. The Morgan fingerprint density at radius 3 is 2.12 bits per heavy atom. The van der Waals surface area contributed by atoms with E-state index < -0.39 is 11.7 Å². The number of hydrogen-bond donors (Lipinski definition) is 0. The van der Waals surface area contributed by atoms with Crippen LogP contribution in [-0.4, -0.2) is 5.78 Å². The summed E-state index contributed by atoms with van der Waals surface area (Å²) in [5.74, 6) is 0.402. The standard InChI is InChI=1S/C12H11F3O2/c1-8(16)7-9(2)17-11-5-3-10(4-6-11)12(13,14)15/h3-7H,1-2H3/b9-7+. The van der Waals surface area contributed by atoms with E-state index in [1.54, 1.807) is 6.92 Å². The molecule has 0 saturated heterocycles. The zero-order valence-corrected chi connectivity index (χ0v) is 9.34. The lowest BCUT2D eigenvalue weighted by atomic mass is 10.2. The Balaban J connectivity index is 2.79. The van der Waals surface area contributed by atoms with Gasteiger partial charge in [-0.3, -0.25) is 4.79 Å². The average molecular weight is 244 g/mol. The van der Waals surface area contributed by atoms with Crippen LogP contribution in [0.1, 0.15) is 19.4 Å². The smallest absolute Gasteiger partial charge is 0.416 e. The highest BCUT2D eigenvalue weighted by molar-refractivity contribution is 5.87. The summed E-state index contributed by atoms with van der Waals surface area (Å²) < 4.78 is 41.9. The van der Waals surface area contributed by atoms with Gasteiger partial charge in [0.25, 0.3) is 0 Å². The summed E-state index contributed by atoms with van der Waals surface area (Å²) in [6.07, 6.45) is -3.10. The van der Waals surface area contributed by atoms with Crippen molar-refractivity contribution in [2.75, 3.05) is 0 Å². The molecule has 0 saturated carbocycles. The summed E-state index contributed by atoms with van der Waals surface area (Å²) in [6, 6.07) is 4.27. The van der Waals surface area contributed by atoms with Crippen molar-refractivity contribution in [3.63, 3.8) is 0 Å². The van der Waals surface area contributed by atoms with Gasteiger partial charge in [0.15, 0.2) is 5.78 Å². The summed E-state index contributed by atoms with van der Waals surface area (Å²) in [6.45, 7) is 2.92. The van der Waals surface area contributed by atoms with E-state index in [9.17, 15) is 18.0 Å². The first-order valence-electron chi connectivity index (χ1n) is 4.83. The molecule has 0 heterocycles. The molecule has 1 rings (SSSR count). The number of ether oxygens (including phenoxy) is 1. The van der Waals surface area contributed by atoms with Gasteiger partial charge in [-0.1, -0.05) is 0 Å². The van der Waals surface area contributed by atoms with E-state index in [0.717, 1.165) is 12.1 Å². The molecule has 0 aromatic heterocycles. The van der Waals surface area contributed by atoms with E-state index in [0.29, 0.717) is 5.76 Å². The number of hydrogen-bond acceptors (Lipinski definition) is 2. The van der Waals surface area contributed by atoms with Crippen LogP contribution in [-0.2, 0) is 11.0 Å². The molecule has 0 amide bonds. The second-order valence-electron chi connectivity index (χ2n) is 3.49. The SMILES string of the molecule is CC(=O)/C=C(\C)Oc1ccc(C(F)(F)F)cc1. The molecule has 0 bridgehead atoms. The van der Waals surface area contributed by atoms with Crippen LogP contribution in [0.2, 0.25) is 0 Å². The number of ketones is 1. The second kappa shape index (κ2) is 5.03. The summed E-state index contributed by atoms with van der Waals surface area (Å²) in [4.78, 5) is 10.7. The first-order valence-corrected chi connectivity index (χ1v) is 4.83. The lowest BCUT2D eigenvalue weighted by Gasteiger charge is -2.08. The molecule has 5 heteroatoms. The van der Waals surface area contributed by atoms with Crippen molar-refractivity contribution in [1.29, 1.82) is 0 Å². The molecule has 0 unspecified atom stereocenters. The topological polar surface area (TPSA) is 26.3 Å². The molecule has 1 aromatic carbocycles. The lowest BCUT2D eigenvalue weighted by Crippen LogP contribution is -2.04. The van der Waals surface area contributed by atoms with Gasteiger partial charge in [0.1, 0.15) is 11.5 Å². The minimum absolute atomic E-state index is 0.186. The van der Waals surface area contributed by atoms with Gasteiger partial charge < -0.3 is 4.74 Å². The maximum Gasteiger partial charge on any atom is 0.416 e. The summed E-state index contributed by atoms with van der Waals surface area (Å²) >= 11 is 0. The van der Waals surface area contributed by atoms with Crippen LogP contribution in [0.5, 0.6) is 5.75 Å². The van der Waals surface area contributed by atoms with Gasteiger partial charge in [-0.2, -0.15) is 13.2 Å². The van der Waals surface area contributed by atoms with E-state index in [-0.39, 0.29) is 11.5 Å². The van der Waals surface area contributed by atoms with Crippen LogP contribution in [0.3, 0.4) is 0 Å². The van der Waals surface area contributed by atoms with Gasteiger partial charge in [0.05, 0.1) is 5.56 Å². The number of rotatable bonds is 3. The van der Waals surface area contributed by atoms with Crippen molar-refractivity contribution >= 4 is 5.78 Å². The van der Waals surface area contributed by atoms with Crippen molar-refractivity contribution in [2.45, 2.75) is 20.0 Å². The number of benzene rings is 1. The molecule has 0 aliphatic carbocycles. The Morgan fingerprint density at radius 2 is 1.71 bits per heavy atom. The third-order valence-electron chi connectivity index (χ3n) is 1.87.